The molecule has 0 spiro atoms. The number of aromatic nitrogens is 5. The molecule has 0 aliphatic carbocycles. The van der Waals surface area contributed by atoms with Gasteiger partial charge in [-0.25, -0.2) is 4.98 Å². The van der Waals surface area contributed by atoms with Crippen molar-refractivity contribution in [3.63, 3.8) is 0 Å². The molecule has 74 heavy (non-hydrogen) atoms. The van der Waals surface area contributed by atoms with E-state index in [2.05, 4.69) is 264 Å². The summed E-state index contributed by atoms with van der Waals surface area (Å²) in [5.41, 5.74) is 18.3. The van der Waals surface area contributed by atoms with Crippen LogP contribution in [-0.4, -0.2) is 24.1 Å². The van der Waals surface area contributed by atoms with Crippen molar-refractivity contribution in [1.82, 2.24) is 24.1 Å². The van der Waals surface area contributed by atoms with Gasteiger partial charge in [0.25, 0.3) is 0 Å². The highest BCUT2D eigenvalue weighted by atomic mass is 15.2. The van der Waals surface area contributed by atoms with Crippen LogP contribution in [0.2, 0.25) is 0 Å². The van der Waals surface area contributed by atoms with Crippen molar-refractivity contribution in [2.45, 2.75) is 0 Å². The second-order valence-corrected chi connectivity index (χ2v) is 18.8. The molecule has 14 aromatic rings. The first-order chi connectivity index (χ1) is 36.7. The third kappa shape index (κ3) is 7.46. The molecule has 0 saturated carbocycles. The van der Waals surface area contributed by atoms with Gasteiger partial charge in [0.1, 0.15) is 0 Å². The predicted octanol–water partition coefficient (Wildman–Crippen LogP) is 17.7. The molecule has 11 aromatic carbocycles. The summed E-state index contributed by atoms with van der Waals surface area (Å²) in [4.78, 5) is 16.4. The van der Waals surface area contributed by atoms with Crippen molar-refractivity contribution in [3.05, 3.63) is 273 Å². The Morgan fingerprint density at radius 2 is 0.649 bits per heavy atom. The fourth-order valence-corrected chi connectivity index (χ4v) is 10.9. The molecule has 0 saturated heterocycles. The summed E-state index contributed by atoms with van der Waals surface area (Å²) in [6, 6.07) is 97.3. The van der Waals surface area contributed by atoms with E-state index in [1.165, 1.54) is 11.1 Å². The molecule has 0 radical (unpaired) electrons. The van der Waals surface area contributed by atoms with Crippen LogP contribution in [0.15, 0.2) is 273 Å². The lowest BCUT2D eigenvalue weighted by Gasteiger charge is -2.16. The van der Waals surface area contributed by atoms with Gasteiger partial charge in [-0.15, -0.1) is 0 Å². The molecule has 5 heteroatoms. The van der Waals surface area contributed by atoms with E-state index in [0.717, 1.165) is 105 Å². The average Bonchev–Trinajstić information content (AvgIpc) is 4.02. The van der Waals surface area contributed by atoms with Gasteiger partial charge < -0.3 is 4.57 Å². The Labute approximate surface area is 428 Å². The Morgan fingerprint density at radius 1 is 0.230 bits per heavy atom. The number of para-hydroxylation sites is 2. The molecule has 5 nitrogen and oxygen atoms in total. The topological polar surface area (TPSA) is 48.5 Å². The van der Waals surface area contributed by atoms with Gasteiger partial charge in [0.15, 0.2) is 11.6 Å². The van der Waals surface area contributed by atoms with E-state index in [9.17, 15) is 0 Å². The normalized spacial score (nSPS) is 11.5. The quantitative estimate of drug-likeness (QED) is 0.145. The fraction of sp³-hybridized carbons (Fsp3) is 0. The highest BCUT2D eigenvalue weighted by Crippen LogP contribution is 2.44. The lowest BCUT2D eigenvalue weighted by molar-refractivity contribution is 0.953. The van der Waals surface area contributed by atoms with Gasteiger partial charge in [-0.2, -0.15) is 9.97 Å². The summed E-state index contributed by atoms with van der Waals surface area (Å²) in [6.45, 7) is 0. The third-order valence-corrected chi connectivity index (χ3v) is 14.4. The van der Waals surface area contributed by atoms with Gasteiger partial charge in [0.05, 0.1) is 22.1 Å². The molecule has 0 aliphatic heterocycles. The molecular weight excluding hydrogens is 899 g/mol. The van der Waals surface area contributed by atoms with Gasteiger partial charge in [-0.05, 0) is 104 Å². The standard InChI is InChI=1S/C69H45N5/c1-6-21-46(22-7-1)51-31-20-32-52(41-51)55-42-54(48-25-10-3-11-26-48)43-56(44-55)73-63-35-18-16-33-57(63)59-39-40-60-58-34-17-19-36-64(58)74(66(60)65(59)73)69-71-67(50-29-14-5-15-30-50)70-68(72-69)61-38-37-53(47-23-8-2-9-24-47)45-62(61)49-27-12-4-13-28-49/h1-45H. The van der Waals surface area contributed by atoms with E-state index >= 15 is 0 Å². The van der Waals surface area contributed by atoms with Crippen molar-refractivity contribution >= 4 is 43.6 Å². The van der Waals surface area contributed by atoms with Crippen LogP contribution in [0, 0.1) is 0 Å². The van der Waals surface area contributed by atoms with Gasteiger partial charge in [-0.3, -0.25) is 4.57 Å². The predicted molar refractivity (Wildman–Crippen MR) is 307 cm³/mol. The first-order valence-electron chi connectivity index (χ1n) is 25.1. The molecule has 0 unspecified atom stereocenters. The molecule has 346 valence electrons. The maximum Gasteiger partial charge on any atom is 0.238 e. The van der Waals surface area contributed by atoms with E-state index in [1.807, 2.05) is 18.2 Å². The fourth-order valence-electron chi connectivity index (χ4n) is 10.9. The SMILES string of the molecule is c1ccc(-c2cccc(-c3cc(-c4ccccc4)cc(-n4c5ccccc5c5ccc6c7ccccc7n(-c7nc(-c8ccccc8)nc(-c8ccc(-c9ccccc9)cc8-c8ccccc8)n7)c6c54)c3)c2)cc1. The molecule has 0 atom stereocenters. The first kappa shape index (κ1) is 42.9. The minimum Gasteiger partial charge on any atom is -0.307 e. The summed E-state index contributed by atoms with van der Waals surface area (Å²) in [5, 5.41) is 4.51. The zero-order valence-corrected chi connectivity index (χ0v) is 40.2. The highest BCUT2D eigenvalue weighted by Gasteiger charge is 2.25. The van der Waals surface area contributed by atoms with Crippen molar-refractivity contribution in [2.75, 3.05) is 0 Å². The van der Waals surface area contributed by atoms with Crippen LogP contribution in [0.5, 0.6) is 0 Å². The number of benzene rings is 11. The Balaban J connectivity index is 1.07. The first-order valence-corrected chi connectivity index (χ1v) is 25.1. The summed E-state index contributed by atoms with van der Waals surface area (Å²) in [7, 11) is 0. The average molecular weight is 944 g/mol. The van der Waals surface area contributed by atoms with Crippen LogP contribution in [-0.2, 0) is 0 Å². The van der Waals surface area contributed by atoms with Crippen molar-refractivity contribution in [1.29, 1.82) is 0 Å². The smallest absolute Gasteiger partial charge is 0.238 e. The van der Waals surface area contributed by atoms with E-state index < -0.39 is 0 Å². The molecule has 0 aliphatic rings. The van der Waals surface area contributed by atoms with Crippen LogP contribution < -0.4 is 0 Å². The largest absolute Gasteiger partial charge is 0.307 e. The summed E-state index contributed by atoms with van der Waals surface area (Å²) in [6.07, 6.45) is 0. The lowest BCUT2D eigenvalue weighted by Crippen LogP contribution is -2.07. The Hall–Kier alpha value is -9.97. The number of nitrogens with zero attached hydrogens (tertiary/aromatic N) is 5. The molecule has 0 fully saturated rings. The van der Waals surface area contributed by atoms with E-state index in [1.54, 1.807) is 0 Å². The minimum absolute atomic E-state index is 0.534. The number of hydrogen-bond donors (Lipinski definition) is 0. The number of hydrogen-bond acceptors (Lipinski definition) is 3. The van der Waals surface area contributed by atoms with Crippen LogP contribution in [0.25, 0.3) is 134 Å². The lowest BCUT2D eigenvalue weighted by atomic mass is 9.94. The molecule has 3 heterocycles. The van der Waals surface area contributed by atoms with Gasteiger partial charge >= 0.3 is 0 Å². The van der Waals surface area contributed by atoms with Gasteiger partial charge in [0, 0.05) is 38.4 Å². The van der Waals surface area contributed by atoms with Crippen LogP contribution in [0.4, 0.5) is 0 Å². The Bertz CT molecular complexity index is 4390. The number of fused-ring (bicyclic) bond motifs is 7. The molecule has 0 bridgehead atoms. The maximum atomic E-state index is 5.60. The molecular formula is C69H45N5. The van der Waals surface area contributed by atoms with E-state index in [0.29, 0.717) is 17.6 Å². The zero-order chi connectivity index (χ0) is 49.0. The second kappa shape index (κ2) is 18.0. The third-order valence-electron chi connectivity index (χ3n) is 14.4. The van der Waals surface area contributed by atoms with Crippen molar-refractivity contribution in [2.24, 2.45) is 0 Å². The van der Waals surface area contributed by atoms with Crippen LogP contribution >= 0.6 is 0 Å². The molecule has 14 rings (SSSR count). The zero-order valence-electron chi connectivity index (χ0n) is 40.2. The summed E-state index contributed by atoms with van der Waals surface area (Å²) in [5.74, 6) is 1.71. The van der Waals surface area contributed by atoms with E-state index in [-0.39, 0.29) is 0 Å². The molecule has 3 aromatic heterocycles. The van der Waals surface area contributed by atoms with Crippen molar-refractivity contribution < 1.29 is 0 Å². The Kier molecular flexibility index (Phi) is 10.4. The molecule has 0 N–H and O–H groups in total. The highest BCUT2D eigenvalue weighted by molar-refractivity contribution is 6.23. The van der Waals surface area contributed by atoms with Crippen molar-refractivity contribution in [3.8, 4) is 90.0 Å². The Morgan fingerprint density at radius 3 is 1.24 bits per heavy atom. The van der Waals surface area contributed by atoms with Gasteiger partial charge in [0.2, 0.25) is 5.95 Å². The maximum absolute atomic E-state index is 5.60. The second-order valence-electron chi connectivity index (χ2n) is 18.8. The van der Waals surface area contributed by atoms with Gasteiger partial charge in [-0.1, -0.05) is 224 Å². The number of rotatable bonds is 9. The van der Waals surface area contributed by atoms with E-state index in [4.69, 9.17) is 15.0 Å². The monoisotopic (exact) mass is 943 g/mol. The minimum atomic E-state index is 0.534. The summed E-state index contributed by atoms with van der Waals surface area (Å²) < 4.78 is 4.75. The molecule has 0 amide bonds. The van der Waals surface area contributed by atoms with Crippen LogP contribution in [0.3, 0.4) is 0 Å². The van der Waals surface area contributed by atoms with Crippen LogP contribution in [0.1, 0.15) is 0 Å². The summed E-state index contributed by atoms with van der Waals surface area (Å²) >= 11 is 0.